The predicted octanol–water partition coefficient (Wildman–Crippen LogP) is 2.07. The average molecular weight is 314 g/mol. The number of hydrogen-bond acceptors (Lipinski definition) is 3. The fourth-order valence-corrected chi connectivity index (χ4v) is 2.72. The van der Waals surface area contributed by atoms with Crippen LogP contribution in [-0.4, -0.2) is 48.5 Å². The Labute approximate surface area is 117 Å². The summed E-state index contributed by atoms with van der Waals surface area (Å²) in [6, 6.07) is 8.01. The molecule has 0 bridgehead atoms. The average Bonchev–Trinajstić information content (AvgIpc) is 2.41. The van der Waals surface area contributed by atoms with Gasteiger partial charge >= 0.3 is 0 Å². The van der Waals surface area contributed by atoms with Crippen molar-refractivity contribution in [3.63, 3.8) is 0 Å². The molecule has 1 saturated heterocycles. The summed E-state index contributed by atoms with van der Waals surface area (Å²) in [4.78, 5) is 2.32. The van der Waals surface area contributed by atoms with Crippen molar-refractivity contribution in [2.75, 3.05) is 26.2 Å². The SMILES string of the molecule is CCN1CCOC(C(O)Cc2ccccc2Br)C1. The van der Waals surface area contributed by atoms with E-state index in [1.807, 2.05) is 24.3 Å². The first kappa shape index (κ1) is 14.0. The van der Waals surface area contributed by atoms with Gasteiger partial charge in [0.05, 0.1) is 18.8 Å². The quantitative estimate of drug-likeness (QED) is 0.923. The minimum atomic E-state index is -0.446. The number of rotatable bonds is 4. The van der Waals surface area contributed by atoms with Crippen molar-refractivity contribution in [1.82, 2.24) is 4.90 Å². The van der Waals surface area contributed by atoms with Gasteiger partial charge < -0.3 is 9.84 Å². The Kier molecular flexibility index (Phi) is 5.18. The summed E-state index contributed by atoms with van der Waals surface area (Å²) in [5.41, 5.74) is 1.13. The molecule has 1 N–H and O–H groups in total. The standard InChI is InChI=1S/C14H20BrNO2/c1-2-16-7-8-18-14(10-16)13(17)9-11-5-3-4-6-12(11)15/h3-6,13-14,17H,2,7-10H2,1H3. The van der Waals surface area contributed by atoms with Crippen LogP contribution >= 0.6 is 15.9 Å². The third-order valence-electron chi connectivity index (χ3n) is 3.44. The summed E-state index contributed by atoms with van der Waals surface area (Å²) < 4.78 is 6.73. The summed E-state index contributed by atoms with van der Waals surface area (Å²) in [6.45, 7) is 5.66. The number of ether oxygens (including phenoxy) is 1. The summed E-state index contributed by atoms with van der Waals surface area (Å²) in [6.07, 6.45) is 0.104. The molecule has 1 aromatic rings. The predicted molar refractivity (Wildman–Crippen MR) is 75.7 cm³/mol. The third-order valence-corrected chi connectivity index (χ3v) is 4.21. The van der Waals surface area contributed by atoms with Gasteiger partial charge in [0.15, 0.2) is 0 Å². The first-order valence-electron chi connectivity index (χ1n) is 6.46. The van der Waals surface area contributed by atoms with Gasteiger partial charge in [-0.05, 0) is 18.2 Å². The lowest BCUT2D eigenvalue weighted by Crippen LogP contribution is -2.48. The lowest BCUT2D eigenvalue weighted by molar-refractivity contribution is -0.0868. The van der Waals surface area contributed by atoms with Gasteiger partial charge in [-0.15, -0.1) is 0 Å². The molecule has 2 unspecified atom stereocenters. The van der Waals surface area contributed by atoms with E-state index in [9.17, 15) is 5.11 Å². The zero-order valence-corrected chi connectivity index (χ0v) is 12.3. The van der Waals surface area contributed by atoms with E-state index >= 15 is 0 Å². The van der Waals surface area contributed by atoms with Crippen LogP contribution in [0.4, 0.5) is 0 Å². The molecule has 0 radical (unpaired) electrons. The molecule has 1 heterocycles. The number of morpholine rings is 1. The number of aliphatic hydroxyl groups excluding tert-OH is 1. The fraction of sp³-hybridized carbons (Fsp3) is 0.571. The summed E-state index contributed by atoms with van der Waals surface area (Å²) in [5.74, 6) is 0. The molecule has 0 saturated carbocycles. The molecule has 3 nitrogen and oxygen atoms in total. The zero-order chi connectivity index (χ0) is 13.0. The molecule has 2 rings (SSSR count). The molecule has 100 valence electrons. The zero-order valence-electron chi connectivity index (χ0n) is 10.7. The van der Waals surface area contributed by atoms with Gasteiger partial charge in [0.25, 0.3) is 0 Å². The van der Waals surface area contributed by atoms with Crippen molar-refractivity contribution in [2.45, 2.75) is 25.6 Å². The van der Waals surface area contributed by atoms with Gasteiger partial charge in [0.1, 0.15) is 0 Å². The van der Waals surface area contributed by atoms with Gasteiger partial charge in [0, 0.05) is 24.0 Å². The van der Waals surface area contributed by atoms with Crippen LogP contribution in [0.1, 0.15) is 12.5 Å². The molecule has 0 amide bonds. The maximum atomic E-state index is 10.3. The molecule has 18 heavy (non-hydrogen) atoms. The minimum absolute atomic E-state index is 0.0780. The lowest BCUT2D eigenvalue weighted by Gasteiger charge is -2.34. The topological polar surface area (TPSA) is 32.7 Å². The Hall–Kier alpha value is -0.420. The highest BCUT2D eigenvalue weighted by atomic mass is 79.9. The molecular formula is C14H20BrNO2. The number of halogens is 1. The fourth-order valence-electron chi connectivity index (χ4n) is 2.27. The maximum absolute atomic E-state index is 10.3. The number of likely N-dealkylation sites (N-methyl/N-ethyl adjacent to an activating group) is 1. The second-order valence-corrected chi connectivity index (χ2v) is 5.52. The Bertz CT molecular complexity index is 386. The number of hydrogen-bond donors (Lipinski definition) is 1. The summed E-state index contributed by atoms with van der Waals surface area (Å²) >= 11 is 3.51. The van der Waals surface area contributed by atoms with Crippen LogP contribution in [-0.2, 0) is 11.2 Å². The van der Waals surface area contributed by atoms with Gasteiger partial charge in [-0.2, -0.15) is 0 Å². The van der Waals surface area contributed by atoms with E-state index < -0.39 is 6.10 Å². The Morgan fingerprint density at radius 3 is 3.00 bits per heavy atom. The number of aliphatic hydroxyl groups is 1. The van der Waals surface area contributed by atoms with Gasteiger partial charge in [-0.3, -0.25) is 4.90 Å². The highest BCUT2D eigenvalue weighted by Crippen LogP contribution is 2.20. The summed E-state index contributed by atoms with van der Waals surface area (Å²) in [7, 11) is 0. The first-order chi connectivity index (χ1) is 8.70. The first-order valence-corrected chi connectivity index (χ1v) is 7.25. The van der Waals surface area contributed by atoms with Gasteiger partial charge in [-0.25, -0.2) is 0 Å². The lowest BCUT2D eigenvalue weighted by atomic mass is 10.0. The van der Waals surface area contributed by atoms with E-state index in [1.165, 1.54) is 0 Å². The van der Waals surface area contributed by atoms with Crippen LogP contribution in [0.15, 0.2) is 28.7 Å². The van der Waals surface area contributed by atoms with Crippen LogP contribution < -0.4 is 0 Å². The minimum Gasteiger partial charge on any atom is -0.390 e. The Balaban J connectivity index is 1.95. The molecule has 0 spiro atoms. The van der Waals surface area contributed by atoms with Gasteiger partial charge in [-0.1, -0.05) is 41.1 Å². The second-order valence-electron chi connectivity index (χ2n) is 4.67. The smallest absolute Gasteiger partial charge is 0.0964 e. The highest BCUT2D eigenvalue weighted by molar-refractivity contribution is 9.10. The molecule has 1 aliphatic heterocycles. The molecule has 2 atom stereocenters. The van der Waals surface area contributed by atoms with Crippen molar-refractivity contribution in [1.29, 1.82) is 0 Å². The van der Waals surface area contributed by atoms with E-state index in [0.717, 1.165) is 29.7 Å². The van der Waals surface area contributed by atoms with Crippen molar-refractivity contribution in [3.05, 3.63) is 34.3 Å². The summed E-state index contributed by atoms with van der Waals surface area (Å²) in [5, 5.41) is 10.3. The molecule has 0 aliphatic carbocycles. The van der Waals surface area contributed by atoms with Crippen molar-refractivity contribution in [3.8, 4) is 0 Å². The van der Waals surface area contributed by atoms with Crippen molar-refractivity contribution < 1.29 is 9.84 Å². The maximum Gasteiger partial charge on any atom is 0.0964 e. The molecule has 1 aliphatic rings. The molecule has 4 heteroatoms. The van der Waals surface area contributed by atoms with E-state index in [4.69, 9.17) is 4.74 Å². The Morgan fingerprint density at radius 1 is 1.50 bits per heavy atom. The third kappa shape index (κ3) is 3.54. The van der Waals surface area contributed by atoms with Crippen molar-refractivity contribution in [2.24, 2.45) is 0 Å². The molecule has 1 aromatic carbocycles. The monoisotopic (exact) mass is 313 g/mol. The van der Waals surface area contributed by atoms with Crippen LogP contribution in [0, 0.1) is 0 Å². The molecule has 1 fully saturated rings. The van der Waals surface area contributed by atoms with Crippen LogP contribution in [0.3, 0.4) is 0 Å². The van der Waals surface area contributed by atoms with Gasteiger partial charge in [0.2, 0.25) is 0 Å². The second kappa shape index (κ2) is 6.66. The number of benzene rings is 1. The molecular weight excluding hydrogens is 294 g/mol. The van der Waals surface area contributed by atoms with E-state index in [1.54, 1.807) is 0 Å². The highest BCUT2D eigenvalue weighted by Gasteiger charge is 2.26. The van der Waals surface area contributed by atoms with Crippen LogP contribution in [0.2, 0.25) is 0 Å². The Morgan fingerprint density at radius 2 is 2.28 bits per heavy atom. The largest absolute Gasteiger partial charge is 0.390 e. The van der Waals surface area contributed by atoms with E-state index in [0.29, 0.717) is 13.0 Å². The molecule has 0 aromatic heterocycles. The van der Waals surface area contributed by atoms with Crippen LogP contribution in [0.5, 0.6) is 0 Å². The number of nitrogens with zero attached hydrogens (tertiary/aromatic N) is 1. The van der Waals surface area contributed by atoms with Crippen molar-refractivity contribution >= 4 is 15.9 Å². The van der Waals surface area contributed by atoms with E-state index in [-0.39, 0.29) is 6.10 Å². The van der Waals surface area contributed by atoms with E-state index in [2.05, 4.69) is 27.8 Å². The van der Waals surface area contributed by atoms with Crippen LogP contribution in [0.25, 0.3) is 0 Å². The normalized spacial score (nSPS) is 22.9.